The number of carbonyl (C=O) groups is 2. The van der Waals surface area contributed by atoms with Gasteiger partial charge in [-0.25, -0.2) is 0 Å². The fourth-order valence-electron chi connectivity index (χ4n) is 1.63. The van der Waals surface area contributed by atoms with Gasteiger partial charge in [0.15, 0.2) is 0 Å². The molecule has 0 unspecified atom stereocenters. The molecule has 0 saturated heterocycles. The van der Waals surface area contributed by atoms with E-state index < -0.39 is 24.0 Å². The van der Waals surface area contributed by atoms with Gasteiger partial charge in [-0.05, 0) is 19.3 Å². The molecule has 9 nitrogen and oxygen atoms in total. The fraction of sp³-hybridized carbons (Fsp3) is 0.636. The Morgan fingerprint density at radius 3 is 2.60 bits per heavy atom. The molecule has 7 N–H and O–H groups in total. The molecule has 1 aromatic rings. The summed E-state index contributed by atoms with van der Waals surface area (Å²) in [6.07, 6.45) is 3.79. The van der Waals surface area contributed by atoms with E-state index in [-0.39, 0.29) is 6.42 Å². The molecule has 0 aliphatic carbocycles. The molecule has 2 atom stereocenters. The summed E-state index contributed by atoms with van der Waals surface area (Å²) in [6, 6.07) is -1.59. The number of rotatable bonds is 9. The highest BCUT2D eigenvalue weighted by molar-refractivity contribution is 5.79. The number of nitrogens with two attached hydrogens (primary N) is 3. The van der Waals surface area contributed by atoms with E-state index in [4.69, 9.17) is 22.3 Å². The minimum atomic E-state index is -0.992. The number of nitrogens with zero attached hydrogens (tertiary/aromatic N) is 3. The van der Waals surface area contributed by atoms with Crippen molar-refractivity contribution < 1.29 is 14.7 Å². The first-order valence-corrected chi connectivity index (χ1v) is 6.32. The van der Waals surface area contributed by atoms with Crippen LogP contribution in [0.4, 0.5) is 0 Å². The summed E-state index contributed by atoms with van der Waals surface area (Å²) in [6.45, 7) is 0.602. The Bertz CT molecular complexity index is 461. The van der Waals surface area contributed by atoms with Crippen LogP contribution in [-0.2, 0) is 22.6 Å². The topological polar surface area (TPSA) is 163 Å². The molecule has 0 spiro atoms. The number of unbranched alkanes of at least 4 members (excludes halogenated alkanes) is 1. The molecule has 0 aromatic carbocycles. The van der Waals surface area contributed by atoms with E-state index in [9.17, 15) is 9.59 Å². The Balaban J connectivity index is 2.30. The van der Waals surface area contributed by atoms with Gasteiger partial charge in [0, 0.05) is 19.2 Å². The number of amides is 1. The van der Waals surface area contributed by atoms with Crippen LogP contribution in [0.1, 0.15) is 25.0 Å². The monoisotopic (exact) mass is 284 g/mol. The van der Waals surface area contributed by atoms with Gasteiger partial charge in [-0.2, -0.15) is 0 Å². The molecule has 1 rings (SSSR count). The van der Waals surface area contributed by atoms with Crippen molar-refractivity contribution in [3.63, 3.8) is 0 Å². The second-order valence-corrected chi connectivity index (χ2v) is 4.63. The van der Waals surface area contributed by atoms with Crippen LogP contribution in [0, 0.1) is 0 Å². The van der Waals surface area contributed by atoms with Gasteiger partial charge >= 0.3 is 5.97 Å². The molecule has 1 amide bonds. The molecule has 1 heterocycles. The number of hydrogen-bond acceptors (Lipinski definition) is 6. The molecule has 0 fully saturated rings. The summed E-state index contributed by atoms with van der Waals surface area (Å²) >= 11 is 0. The first-order valence-electron chi connectivity index (χ1n) is 6.32. The van der Waals surface area contributed by atoms with E-state index in [2.05, 4.69) is 10.3 Å². The van der Waals surface area contributed by atoms with Crippen LogP contribution in [0.5, 0.6) is 0 Å². The molecule has 0 saturated carbocycles. The number of carbonyl (C=O) groups excluding carboxylic acids is 1. The molecule has 112 valence electrons. The van der Waals surface area contributed by atoms with Gasteiger partial charge in [-0.3, -0.25) is 14.3 Å². The van der Waals surface area contributed by atoms with Gasteiger partial charge in [-0.1, -0.05) is 5.21 Å². The lowest BCUT2D eigenvalue weighted by molar-refractivity contribution is -0.138. The number of hydrogen-bond donors (Lipinski definition) is 4. The third kappa shape index (κ3) is 5.33. The summed E-state index contributed by atoms with van der Waals surface area (Å²) in [4.78, 5) is 21.3. The van der Waals surface area contributed by atoms with Crippen LogP contribution in [0.2, 0.25) is 0 Å². The molecular weight excluding hydrogens is 264 g/mol. The number of carboxylic acid groups (broad SMARTS) is 1. The Morgan fingerprint density at radius 2 is 2.00 bits per heavy atom. The van der Waals surface area contributed by atoms with Crippen molar-refractivity contribution in [1.82, 2.24) is 15.0 Å². The van der Waals surface area contributed by atoms with E-state index in [0.29, 0.717) is 25.1 Å². The van der Waals surface area contributed by atoms with E-state index >= 15 is 0 Å². The number of aromatic nitrogens is 3. The van der Waals surface area contributed by atoms with Crippen LogP contribution >= 0.6 is 0 Å². The van der Waals surface area contributed by atoms with Crippen molar-refractivity contribution in [3.8, 4) is 0 Å². The molecule has 20 heavy (non-hydrogen) atoms. The second-order valence-electron chi connectivity index (χ2n) is 4.63. The highest BCUT2D eigenvalue weighted by Gasteiger charge is 2.13. The van der Waals surface area contributed by atoms with E-state index in [0.717, 1.165) is 6.42 Å². The zero-order valence-corrected chi connectivity index (χ0v) is 11.1. The Hall–Kier alpha value is -2.00. The Labute approximate surface area is 116 Å². The van der Waals surface area contributed by atoms with Crippen molar-refractivity contribution in [2.75, 3.05) is 0 Å². The zero-order chi connectivity index (χ0) is 15.1. The molecule has 1 aromatic heterocycles. The van der Waals surface area contributed by atoms with Crippen LogP contribution in [0.15, 0.2) is 6.20 Å². The number of aliphatic carboxylic acids is 1. The summed E-state index contributed by atoms with van der Waals surface area (Å²) in [5.41, 5.74) is 16.6. The van der Waals surface area contributed by atoms with E-state index in [1.165, 1.54) is 0 Å². The van der Waals surface area contributed by atoms with Gasteiger partial charge in [0.25, 0.3) is 0 Å². The van der Waals surface area contributed by atoms with Crippen molar-refractivity contribution in [3.05, 3.63) is 11.9 Å². The van der Waals surface area contributed by atoms with E-state index in [1.54, 1.807) is 10.9 Å². The lowest BCUT2D eigenvalue weighted by Gasteiger charge is -2.05. The molecule has 0 aliphatic heterocycles. The fourth-order valence-corrected chi connectivity index (χ4v) is 1.63. The summed E-state index contributed by atoms with van der Waals surface area (Å²) in [5, 5.41) is 16.4. The smallest absolute Gasteiger partial charge is 0.320 e. The minimum absolute atomic E-state index is 0.249. The number of carboxylic acids is 1. The Morgan fingerprint density at radius 1 is 1.30 bits per heavy atom. The largest absolute Gasteiger partial charge is 0.480 e. The minimum Gasteiger partial charge on any atom is -0.480 e. The summed E-state index contributed by atoms with van der Waals surface area (Å²) in [7, 11) is 0. The van der Waals surface area contributed by atoms with Gasteiger partial charge in [-0.15, -0.1) is 5.10 Å². The Kier molecular flexibility index (Phi) is 6.07. The first kappa shape index (κ1) is 16.1. The lowest BCUT2D eigenvalue weighted by Crippen LogP contribution is -2.38. The average molecular weight is 284 g/mol. The first-order chi connectivity index (χ1) is 9.40. The predicted molar refractivity (Wildman–Crippen MR) is 70.4 cm³/mol. The van der Waals surface area contributed by atoms with Crippen molar-refractivity contribution in [1.29, 1.82) is 0 Å². The summed E-state index contributed by atoms with van der Waals surface area (Å²) in [5.74, 6) is -1.57. The third-order valence-electron chi connectivity index (χ3n) is 2.85. The number of primary amides is 1. The SMILES string of the molecule is NC(=O)[C@@H](N)Cc1cn(CCCC[C@H](N)C(=O)O)nn1. The second kappa shape index (κ2) is 7.56. The van der Waals surface area contributed by atoms with Crippen molar-refractivity contribution in [2.24, 2.45) is 17.2 Å². The van der Waals surface area contributed by atoms with Crippen molar-refractivity contribution >= 4 is 11.9 Å². The maximum Gasteiger partial charge on any atom is 0.320 e. The molecule has 9 heteroatoms. The normalized spacial score (nSPS) is 13.9. The van der Waals surface area contributed by atoms with Crippen LogP contribution < -0.4 is 17.2 Å². The molecule has 0 bridgehead atoms. The van der Waals surface area contributed by atoms with Crippen LogP contribution in [-0.4, -0.2) is 44.1 Å². The van der Waals surface area contributed by atoms with Gasteiger partial charge in [0.1, 0.15) is 6.04 Å². The average Bonchev–Trinajstić information content (AvgIpc) is 2.81. The zero-order valence-electron chi connectivity index (χ0n) is 11.1. The third-order valence-corrected chi connectivity index (χ3v) is 2.85. The van der Waals surface area contributed by atoms with E-state index in [1.807, 2.05) is 0 Å². The van der Waals surface area contributed by atoms with Crippen molar-refractivity contribution in [2.45, 2.75) is 44.3 Å². The number of aryl methyl sites for hydroxylation is 1. The van der Waals surface area contributed by atoms with Gasteiger partial charge < -0.3 is 22.3 Å². The summed E-state index contributed by atoms with van der Waals surface area (Å²) < 4.78 is 1.62. The quantitative estimate of drug-likeness (QED) is 0.389. The highest BCUT2D eigenvalue weighted by Crippen LogP contribution is 2.03. The van der Waals surface area contributed by atoms with Crippen LogP contribution in [0.25, 0.3) is 0 Å². The molecule has 0 aliphatic rings. The molecule has 0 radical (unpaired) electrons. The predicted octanol–water partition coefficient (Wildman–Crippen LogP) is -1.78. The lowest BCUT2D eigenvalue weighted by atomic mass is 10.1. The van der Waals surface area contributed by atoms with Gasteiger partial charge in [0.05, 0.1) is 11.7 Å². The standard InChI is InChI=1S/C11H20N6O3/c12-8(11(19)20)3-1-2-4-17-6-7(15-16-17)5-9(13)10(14)18/h6,8-9H,1-5,12-13H2,(H2,14,18)(H,19,20)/t8-,9-/m0/s1. The maximum atomic E-state index is 10.8. The highest BCUT2D eigenvalue weighted by atomic mass is 16.4. The van der Waals surface area contributed by atoms with Gasteiger partial charge in [0.2, 0.25) is 5.91 Å². The molecular formula is C11H20N6O3. The maximum absolute atomic E-state index is 10.8. The van der Waals surface area contributed by atoms with Crippen LogP contribution in [0.3, 0.4) is 0 Å².